The van der Waals surface area contributed by atoms with E-state index in [1.807, 2.05) is 11.3 Å². The minimum atomic E-state index is 0.0991. The second-order valence-electron chi connectivity index (χ2n) is 8.04. The van der Waals surface area contributed by atoms with E-state index in [2.05, 4.69) is 60.7 Å². The molecule has 0 spiro atoms. The SMILES string of the molecule is Cc1nc(C(C)(C)C)sc1C(C)NC(CCO)C(C)(C)C. The molecule has 0 radical (unpaired) electrons. The Morgan fingerprint density at radius 3 is 2.14 bits per heavy atom. The minimum absolute atomic E-state index is 0.0991. The van der Waals surface area contributed by atoms with Crippen LogP contribution in [0.3, 0.4) is 0 Å². The van der Waals surface area contributed by atoms with Gasteiger partial charge in [0.05, 0.1) is 10.7 Å². The standard InChI is InChI=1S/C17H32N2OS/c1-11(18-13(9-10-20)16(3,4)5)14-12(2)19-15(21-14)17(6,7)8/h11,13,18,20H,9-10H2,1-8H3. The lowest BCUT2D eigenvalue weighted by Crippen LogP contribution is -2.42. The number of aryl methyl sites for hydroxylation is 1. The Morgan fingerprint density at radius 1 is 1.19 bits per heavy atom. The summed E-state index contributed by atoms with van der Waals surface area (Å²) in [5.74, 6) is 0. The molecular formula is C17H32N2OS. The number of nitrogens with zero attached hydrogens (tertiary/aromatic N) is 1. The Morgan fingerprint density at radius 2 is 1.76 bits per heavy atom. The fourth-order valence-electron chi connectivity index (χ4n) is 2.40. The first-order chi connectivity index (χ1) is 9.46. The maximum atomic E-state index is 9.30. The van der Waals surface area contributed by atoms with Crippen molar-refractivity contribution in [3.63, 3.8) is 0 Å². The van der Waals surface area contributed by atoms with Gasteiger partial charge in [-0.25, -0.2) is 4.98 Å². The third-order valence-electron chi connectivity index (χ3n) is 3.78. The molecule has 0 amide bonds. The van der Waals surface area contributed by atoms with Gasteiger partial charge in [-0.1, -0.05) is 41.5 Å². The van der Waals surface area contributed by atoms with E-state index in [0.29, 0.717) is 0 Å². The van der Waals surface area contributed by atoms with Crippen LogP contribution in [0.5, 0.6) is 0 Å². The van der Waals surface area contributed by atoms with Crippen molar-refractivity contribution in [2.24, 2.45) is 5.41 Å². The summed E-state index contributed by atoms with van der Waals surface area (Å²) in [7, 11) is 0. The highest BCUT2D eigenvalue weighted by Gasteiger charge is 2.28. The van der Waals surface area contributed by atoms with E-state index in [9.17, 15) is 5.11 Å². The molecule has 2 N–H and O–H groups in total. The van der Waals surface area contributed by atoms with Crippen LogP contribution in [0, 0.1) is 12.3 Å². The molecule has 3 nitrogen and oxygen atoms in total. The minimum Gasteiger partial charge on any atom is -0.396 e. The van der Waals surface area contributed by atoms with Crippen LogP contribution in [-0.4, -0.2) is 22.7 Å². The Hall–Kier alpha value is -0.450. The highest BCUT2D eigenvalue weighted by molar-refractivity contribution is 7.12. The fourth-order valence-corrected chi connectivity index (χ4v) is 3.54. The first kappa shape index (κ1) is 18.6. The van der Waals surface area contributed by atoms with E-state index in [1.165, 1.54) is 9.88 Å². The van der Waals surface area contributed by atoms with Crippen LogP contribution in [0.2, 0.25) is 0 Å². The molecule has 1 aromatic heterocycles. The first-order valence-corrected chi connectivity index (χ1v) is 8.63. The quantitative estimate of drug-likeness (QED) is 0.856. The number of aromatic nitrogens is 1. The van der Waals surface area contributed by atoms with Crippen molar-refractivity contribution in [1.29, 1.82) is 0 Å². The van der Waals surface area contributed by atoms with E-state index < -0.39 is 0 Å². The lowest BCUT2D eigenvalue weighted by molar-refractivity contribution is 0.188. The predicted octanol–water partition coefficient (Wildman–Crippen LogP) is 4.20. The van der Waals surface area contributed by atoms with E-state index in [1.54, 1.807) is 0 Å². The number of rotatable bonds is 5. The van der Waals surface area contributed by atoms with Crippen molar-refractivity contribution < 1.29 is 5.11 Å². The second-order valence-corrected chi connectivity index (χ2v) is 9.07. The molecule has 1 rings (SSSR count). The molecule has 0 saturated carbocycles. The molecule has 2 unspecified atom stereocenters. The summed E-state index contributed by atoms with van der Waals surface area (Å²) in [6.45, 7) is 17.8. The van der Waals surface area contributed by atoms with E-state index in [-0.39, 0.29) is 29.5 Å². The number of thiazole rings is 1. The van der Waals surface area contributed by atoms with Crippen LogP contribution in [0.1, 0.15) is 76.5 Å². The van der Waals surface area contributed by atoms with Gasteiger partial charge in [-0.05, 0) is 25.7 Å². The largest absolute Gasteiger partial charge is 0.396 e. The molecule has 1 aromatic rings. The number of nitrogens with one attached hydrogen (secondary N) is 1. The first-order valence-electron chi connectivity index (χ1n) is 7.81. The van der Waals surface area contributed by atoms with Crippen molar-refractivity contribution in [3.8, 4) is 0 Å². The normalized spacial score (nSPS) is 16.0. The van der Waals surface area contributed by atoms with Crippen molar-refractivity contribution in [2.75, 3.05) is 6.61 Å². The molecule has 21 heavy (non-hydrogen) atoms. The molecule has 2 atom stereocenters. The third-order valence-corrected chi connectivity index (χ3v) is 5.55. The summed E-state index contributed by atoms with van der Waals surface area (Å²) < 4.78 is 0. The van der Waals surface area contributed by atoms with Crippen LogP contribution in [0.4, 0.5) is 0 Å². The Balaban J connectivity index is 2.93. The smallest absolute Gasteiger partial charge is 0.0985 e. The monoisotopic (exact) mass is 312 g/mol. The second kappa shape index (κ2) is 6.76. The van der Waals surface area contributed by atoms with Crippen molar-refractivity contribution in [2.45, 2.75) is 79.3 Å². The summed E-state index contributed by atoms with van der Waals surface area (Å²) in [5, 5.41) is 14.2. The van der Waals surface area contributed by atoms with E-state index in [4.69, 9.17) is 4.98 Å². The van der Waals surface area contributed by atoms with Crippen LogP contribution >= 0.6 is 11.3 Å². The molecule has 4 heteroatoms. The van der Waals surface area contributed by atoms with Gasteiger partial charge in [-0.15, -0.1) is 11.3 Å². The van der Waals surface area contributed by atoms with E-state index >= 15 is 0 Å². The highest BCUT2D eigenvalue weighted by Crippen LogP contribution is 2.33. The zero-order valence-electron chi connectivity index (χ0n) is 14.9. The number of hydrogen-bond acceptors (Lipinski definition) is 4. The molecule has 0 aromatic carbocycles. The molecule has 0 aliphatic carbocycles. The number of hydrogen-bond donors (Lipinski definition) is 2. The molecule has 0 aliphatic rings. The van der Waals surface area contributed by atoms with Crippen LogP contribution in [0.25, 0.3) is 0 Å². The average Bonchev–Trinajstić information content (AvgIpc) is 2.69. The topological polar surface area (TPSA) is 45.2 Å². The van der Waals surface area contributed by atoms with Crippen LogP contribution < -0.4 is 5.32 Å². The Labute approximate surface area is 134 Å². The Kier molecular flexibility index (Phi) is 5.99. The van der Waals surface area contributed by atoms with Crippen molar-refractivity contribution in [3.05, 3.63) is 15.6 Å². The van der Waals surface area contributed by atoms with Crippen molar-refractivity contribution in [1.82, 2.24) is 10.3 Å². The summed E-state index contributed by atoms with van der Waals surface area (Å²) in [6, 6.07) is 0.548. The molecule has 0 bridgehead atoms. The summed E-state index contributed by atoms with van der Waals surface area (Å²) >= 11 is 1.81. The molecule has 122 valence electrons. The average molecular weight is 313 g/mol. The zero-order chi connectivity index (χ0) is 16.4. The zero-order valence-corrected chi connectivity index (χ0v) is 15.7. The van der Waals surface area contributed by atoms with Gasteiger partial charge in [0.25, 0.3) is 0 Å². The summed E-state index contributed by atoms with van der Waals surface area (Å²) in [4.78, 5) is 6.06. The highest BCUT2D eigenvalue weighted by atomic mass is 32.1. The van der Waals surface area contributed by atoms with Crippen LogP contribution in [-0.2, 0) is 5.41 Å². The lowest BCUT2D eigenvalue weighted by atomic mass is 9.84. The Bertz CT molecular complexity index is 454. The van der Waals surface area contributed by atoms with Gasteiger partial charge in [0, 0.05) is 29.0 Å². The molecular weight excluding hydrogens is 280 g/mol. The molecule has 1 heterocycles. The number of aliphatic hydroxyl groups excluding tert-OH is 1. The molecule has 0 fully saturated rings. The van der Waals surface area contributed by atoms with Gasteiger partial charge in [0.15, 0.2) is 0 Å². The summed E-state index contributed by atoms with van der Waals surface area (Å²) in [6.07, 6.45) is 0.776. The van der Waals surface area contributed by atoms with Gasteiger partial charge in [-0.3, -0.25) is 0 Å². The number of aliphatic hydroxyl groups is 1. The molecule has 0 saturated heterocycles. The van der Waals surface area contributed by atoms with Gasteiger partial charge in [0.2, 0.25) is 0 Å². The van der Waals surface area contributed by atoms with Crippen molar-refractivity contribution >= 4 is 11.3 Å². The maximum absolute atomic E-state index is 9.30. The molecule has 0 aliphatic heterocycles. The van der Waals surface area contributed by atoms with Crippen LogP contribution in [0.15, 0.2) is 0 Å². The third kappa shape index (κ3) is 5.04. The van der Waals surface area contributed by atoms with Gasteiger partial charge in [0.1, 0.15) is 0 Å². The lowest BCUT2D eigenvalue weighted by Gasteiger charge is -2.33. The fraction of sp³-hybridized carbons (Fsp3) is 0.824. The van der Waals surface area contributed by atoms with E-state index in [0.717, 1.165) is 12.1 Å². The summed E-state index contributed by atoms with van der Waals surface area (Å²) in [5.41, 5.74) is 1.35. The maximum Gasteiger partial charge on any atom is 0.0985 e. The predicted molar refractivity (Wildman–Crippen MR) is 92.0 cm³/mol. The van der Waals surface area contributed by atoms with Gasteiger partial charge < -0.3 is 10.4 Å². The van der Waals surface area contributed by atoms with Gasteiger partial charge in [-0.2, -0.15) is 0 Å². The van der Waals surface area contributed by atoms with Gasteiger partial charge >= 0.3 is 0 Å².